The number of rotatable bonds is 7. The van der Waals surface area contributed by atoms with Crippen molar-refractivity contribution in [3.63, 3.8) is 0 Å². The lowest BCUT2D eigenvalue weighted by molar-refractivity contribution is -0.130. The Bertz CT molecular complexity index is 850. The standard InChI is InChI=1S/C21H24N4OS/c1-16(19-9-11-20(12-10-19)25-15-22-14-23-25)24(3)21(26)17(2)27-13-18-7-5-4-6-8-18/h4-12,14-17H,13H2,1-3H3. The summed E-state index contributed by atoms with van der Waals surface area (Å²) in [6.45, 7) is 4.03. The molecule has 0 aliphatic carbocycles. The zero-order valence-electron chi connectivity index (χ0n) is 15.8. The van der Waals surface area contributed by atoms with Crippen LogP contribution < -0.4 is 0 Å². The SMILES string of the molecule is CC(SCc1ccccc1)C(=O)N(C)C(C)c1ccc(-n2cncn2)cc1. The maximum absolute atomic E-state index is 12.8. The Morgan fingerprint density at radius 2 is 1.81 bits per heavy atom. The Morgan fingerprint density at radius 1 is 1.11 bits per heavy atom. The van der Waals surface area contributed by atoms with Crippen LogP contribution in [0.15, 0.2) is 67.3 Å². The highest BCUT2D eigenvalue weighted by Crippen LogP contribution is 2.25. The Morgan fingerprint density at radius 3 is 2.44 bits per heavy atom. The van der Waals surface area contributed by atoms with Gasteiger partial charge in [0.2, 0.25) is 5.91 Å². The summed E-state index contributed by atoms with van der Waals surface area (Å²) in [7, 11) is 1.87. The molecule has 2 unspecified atom stereocenters. The third-order valence-corrected chi connectivity index (χ3v) is 5.88. The molecule has 0 aliphatic heterocycles. The summed E-state index contributed by atoms with van der Waals surface area (Å²) in [5.74, 6) is 0.978. The van der Waals surface area contributed by atoms with Gasteiger partial charge in [0.1, 0.15) is 12.7 Å². The molecule has 0 saturated heterocycles. The number of carbonyl (C=O) groups is 1. The summed E-state index contributed by atoms with van der Waals surface area (Å²) in [4.78, 5) is 18.6. The lowest BCUT2D eigenvalue weighted by Gasteiger charge is -2.28. The van der Waals surface area contributed by atoms with Crippen molar-refractivity contribution in [2.45, 2.75) is 30.9 Å². The van der Waals surface area contributed by atoms with Crippen molar-refractivity contribution in [2.75, 3.05) is 7.05 Å². The fraction of sp³-hybridized carbons (Fsp3) is 0.286. The Hall–Kier alpha value is -2.60. The lowest BCUT2D eigenvalue weighted by atomic mass is 10.1. The number of benzene rings is 2. The second kappa shape index (κ2) is 8.86. The van der Waals surface area contributed by atoms with Gasteiger partial charge in [0, 0.05) is 12.8 Å². The van der Waals surface area contributed by atoms with Gasteiger partial charge in [0.15, 0.2) is 0 Å². The summed E-state index contributed by atoms with van der Waals surface area (Å²) < 4.78 is 1.71. The van der Waals surface area contributed by atoms with Crippen molar-refractivity contribution >= 4 is 17.7 Å². The minimum absolute atomic E-state index is 0.00192. The third-order valence-electron chi connectivity index (χ3n) is 4.68. The fourth-order valence-electron chi connectivity index (χ4n) is 2.82. The van der Waals surface area contributed by atoms with Gasteiger partial charge in [-0.1, -0.05) is 42.5 Å². The number of hydrogen-bond acceptors (Lipinski definition) is 4. The van der Waals surface area contributed by atoms with Gasteiger partial charge in [-0.25, -0.2) is 9.67 Å². The second-order valence-electron chi connectivity index (χ2n) is 6.50. The van der Waals surface area contributed by atoms with Gasteiger partial charge in [-0.2, -0.15) is 5.10 Å². The molecule has 5 nitrogen and oxygen atoms in total. The van der Waals surface area contributed by atoms with E-state index in [1.807, 2.05) is 61.3 Å². The smallest absolute Gasteiger partial charge is 0.235 e. The molecular weight excluding hydrogens is 356 g/mol. The molecule has 2 atom stereocenters. The quantitative estimate of drug-likeness (QED) is 0.619. The van der Waals surface area contributed by atoms with Gasteiger partial charge >= 0.3 is 0 Å². The van der Waals surface area contributed by atoms with Crippen molar-refractivity contribution in [2.24, 2.45) is 0 Å². The van der Waals surface area contributed by atoms with Gasteiger partial charge < -0.3 is 4.90 Å². The molecule has 0 fully saturated rings. The molecule has 0 saturated carbocycles. The van der Waals surface area contributed by atoms with Gasteiger partial charge in [0.25, 0.3) is 0 Å². The maximum Gasteiger partial charge on any atom is 0.235 e. The average molecular weight is 381 g/mol. The van der Waals surface area contributed by atoms with Gasteiger partial charge in [-0.05, 0) is 37.1 Å². The van der Waals surface area contributed by atoms with Crippen LogP contribution in [0, 0.1) is 0 Å². The molecule has 140 valence electrons. The monoisotopic (exact) mass is 380 g/mol. The predicted molar refractivity (Wildman–Crippen MR) is 110 cm³/mol. The van der Waals surface area contributed by atoms with Crippen molar-refractivity contribution in [3.05, 3.63) is 78.4 Å². The van der Waals surface area contributed by atoms with Crippen LogP contribution in [0.5, 0.6) is 0 Å². The Balaban J connectivity index is 1.60. The molecule has 0 bridgehead atoms. The van der Waals surface area contributed by atoms with Crippen LogP contribution in [-0.4, -0.2) is 37.9 Å². The number of thioether (sulfide) groups is 1. The molecule has 1 amide bonds. The van der Waals surface area contributed by atoms with E-state index in [0.29, 0.717) is 0 Å². The molecule has 0 radical (unpaired) electrons. The summed E-state index contributed by atoms with van der Waals surface area (Å²) >= 11 is 1.67. The summed E-state index contributed by atoms with van der Waals surface area (Å²) in [6.07, 6.45) is 3.18. The first kappa shape index (κ1) is 19.2. The molecule has 3 aromatic rings. The highest BCUT2D eigenvalue weighted by Gasteiger charge is 2.23. The van der Waals surface area contributed by atoms with Crippen LogP contribution in [0.25, 0.3) is 5.69 Å². The molecule has 3 rings (SSSR count). The fourth-order valence-corrected chi connectivity index (χ4v) is 3.76. The number of aromatic nitrogens is 3. The summed E-state index contributed by atoms with van der Waals surface area (Å²) in [5.41, 5.74) is 3.28. The van der Waals surface area contributed by atoms with Crippen LogP contribution in [-0.2, 0) is 10.5 Å². The van der Waals surface area contributed by atoms with E-state index in [0.717, 1.165) is 17.0 Å². The van der Waals surface area contributed by atoms with E-state index in [-0.39, 0.29) is 17.2 Å². The van der Waals surface area contributed by atoms with E-state index in [2.05, 4.69) is 29.1 Å². The first-order valence-electron chi connectivity index (χ1n) is 8.93. The topological polar surface area (TPSA) is 51.0 Å². The Labute approximate surface area is 164 Å². The molecule has 0 N–H and O–H groups in total. The normalized spacial score (nSPS) is 13.1. The number of amides is 1. The largest absolute Gasteiger partial charge is 0.338 e. The third kappa shape index (κ3) is 4.77. The van der Waals surface area contributed by atoms with Crippen LogP contribution in [0.2, 0.25) is 0 Å². The molecule has 0 spiro atoms. The summed E-state index contributed by atoms with van der Waals surface area (Å²) in [6, 6.07) is 18.3. The van der Waals surface area contributed by atoms with E-state index in [1.54, 1.807) is 22.8 Å². The van der Waals surface area contributed by atoms with Crippen LogP contribution in [0.3, 0.4) is 0 Å². The van der Waals surface area contributed by atoms with Crippen molar-refractivity contribution in [1.82, 2.24) is 19.7 Å². The second-order valence-corrected chi connectivity index (χ2v) is 7.82. The minimum Gasteiger partial charge on any atom is -0.338 e. The zero-order chi connectivity index (χ0) is 19.2. The van der Waals surface area contributed by atoms with Crippen LogP contribution >= 0.6 is 11.8 Å². The highest BCUT2D eigenvalue weighted by atomic mass is 32.2. The molecular formula is C21H24N4OS. The lowest BCUT2D eigenvalue weighted by Crippen LogP contribution is -2.35. The maximum atomic E-state index is 12.8. The van der Waals surface area contributed by atoms with E-state index in [9.17, 15) is 4.79 Å². The number of carbonyl (C=O) groups excluding carboxylic acids is 1. The number of hydrogen-bond donors (Lipinski definition) is 0. The summed E-state index contributed by atoms with van der Waals surface area (Å²) in [5, 5.41) is 4.04. The number of nitrogens with zero attached hydrogens (tertiary/aromatic N) is 4. The zero-order valence-corrected chi connectivity index (χ0v) is 16.6. The van der Waals surface area contributed by atoms with Gasteiger partial charge in [0.05, 0.1) is 17.0 Å². The van der Waals surface area contributed by atoms with E-state index in [1.165, 1.54) is 11.9 Å². The average Bonchev–Trinajstić information content (AvgIpc) is 3.26. The Kier molecular flexibility index (Phi) is 6.29. The van der Waals surface area contributed by atoms with Gasteiger partial charge in [-0.15, -0.1) is 11.8 Å². The van der Waals surface area contributed by atoms with Crippen molar-refractivity contribution in [3.8, 4) is 5.69 Å². The van der Waals surface area contributed by atoms with E-state index >= 15 is 0 Å². The van der Waals surface area contributed by atoms with Crippen molar-refractivity contribution < 1.29 is 4.79 Å². The van der Waals surface area contributed by atoms with Crippen LogP contribution in [0.1, 0.15) is 31.0 Å². The van der Waals surface area contributed by atoms with Gasteiger partial charge in [-0.3, -0.25) is 4.79 Å². The van der Waals surface area contributed by atoms with Crippen molar-refractivity contribution in [1.29, 1.82) is 0 Å². The van der Waals surface area contributed by atoms with E-state index in [4.69, 9.17) is 0 Å². The molecule has 27 heavy (non-hydrogen) atoms. The molecule has 2 aromatic carbocycles. The first-order chi connectivity index (χ1) is 13.1. The highest BCUT2D eigenvalue weighted by molar-refractivity contribution is 7.99. The molecule has 1 heterocycles. The molecule has 0 aliphatic rings. The predicted octanol–water partition coefficient (Wildman–Crippen LogP) is 4.11. The van der Waals surface area contributed by atoms with Crippen LogP contribution in [0.4, 0.5) is 0 Å². The first-order valence-corrected chi connectivity index (χ1v) is 9.98. The minimum atomic E-state index is -0.0907. The van der Waals surface area contributed by atoms with E-state index < -0.39 is 0 Å². The molecule has 1 aromatic heterocycles. The molecule has 6 heteroatoms.